The lowest BCUT2D eigenvalue weighted by atomic mass is 10.2. The Hall–Kier alpha value is -2.21. The van der Waals surface area contributed by atoms with Crippen LogP contribution >= 0.6 is 11.6 Å². The third-order valence-corrected chi connectivity index (χ3v) is 3.68. The van der Waals surface area contributed by atoms with Crippen molar-refractivity contribution in [1.82, 2.24) is 10.2 Å². The number of ether oxygens (including phenoxy) is 1. The van der Waals surface area contributed by atoms with Crippen molar-refractivity contribution in [3.63, 3.8) is 0 Å². The van der Waals surface area contributed by atoms with Crippen molar-refractivity contribution in [2.75, 3.05) is 18.2 Å². The maximum Gasteiger partial charge on any atom is 0.278 e. The van der Waals surface area contributed by atoms with Crippen molar-refractivity contribution in [1.29, 1.82) is 0 Å². The average molecular weight is 307 g/mol. The van der Waals surface area contributed by atoms with Crippen LogP contribution in [0.4, 0.5) is 11.4 Å². The molecule has 0 aliphatic heterocycles. The first-order valence-electron chi connectivity index (χ1n) is 6.58. The normalized spacial score (nSPS) is 14.0. The number of nitrogens with two attached hydrogens (primary N) is 1. The van der Waals surface area contributed by atoms with E-state index in [1.54, 1.807) is 18.2 Å². The molecule has 1 aliphatic rings. The molecule has 0 spiro atoms. The molecule has 7 heteroatoms. The fourth-order valence-electron chi connectivity index (χ4n) is 2.18. The number of nitrogens with one attached hydrogen (secondary N) is 2. The molecule has 1 fully saturated rings. The number of rotatable bonds is 4. The van der Waals surface area contributed by atoms with Gasteiger partial charge in [0, 0.05) is 10.9 Å². The van der Waals surface area contributed by atoms with E-state index in [1.165, 1.54) is 7.11 Å². The molecule has 0 unspecified atom stereocenters. The Labute approximate surface area is 126 Å². The number of hydrogen-bond donors (Lipinski definition) is 3. The van der Waals surface area contributed by atoms with Crippen molar-refractivity contribution < 1.29 is 9.53 Å². The predicted octanol–water partition coefficient (Wildman–Crippen LogP) is 2.78. The molecule has 1 aromatic heterocycles. The number of amides is 1. The maximum absolute atomic E-state index is 12.3. The Balaban J connectivity index is 1.85. The Morgan fingerprint density at radius 2 is 2.29 bits per heavy atom. The number of carbonyl (C=O) groups excluding carboxylic acids is 1. The fraction of sp³-hybridized carbons (Fsp3) is 0.286. The molecule has 21 heavy (non-hydrogen) atoms. The monoisotopic (exact) mass is 306 g/mol. The van der Waals surface area contributed by atoms with Gasteiger partial charge >= 0.3 is 0 Å². The molecule has 1 saturated carbocycles. The third-order valence-electron chi connectivity index (χ3n) is 3.44. The van der Waals surface area contributed by atoms with Gasteiger partial charge in [-0.3, -0.25) is 9.89 Å². The average Bonchev–Trinajstić information content (AvgIpc) is 3.22. The number of H-pyrrole nitrogens is 1. The van der Waals surface area contributed by atoms with Crippen LogP contribution in [-0.2, 0) is 0 Å². The summed E-state index contributed by atoms with van der Waals surface area (Å²) < 4.78 is 5.19. The lowest BCUT2D eigenvalue weighted by Gasteiger charge is -2.09. The van der Waals surface area contributed by atoms with E-state index in [-0.39, 0.29) is 5.69 Å². The zero-order valence-electron chi connectivity index (χ0n) is 11.4. The highest BCUT2D eigenvalue weighted by Crippen LogP contribution is 2.42. The van der Waals surface area contributed by atoms with Gasteiger partial charge in [-0.25, -0.2) is 0 Å². The molecule has 0 bridgehead atoms. The van der Waals surface area contributed by atoms with Gasteiger partial charge in [-0.05, 0) is 31.0 Å². The van der Waals surface area contributed by atoms with E-state index in [0.29, 0.717) is 28.1 Å². The number of aromatic amines is 1. The Morgan fingerprint density at radius 3 is 2.95 bits per heavy atom. The summed E-state index contributed by atoms with van der Waals surface area (Å²) >= 11 is 5.94. The summed E-state index contributed by atoms with van der Waals surface area (Å²) in [7, 11) is 1.52. The summed E-state index contributed by atoms with van der Waals surface area (Å²) in [6, 6.07) is 4.98. The van der Waals surface area contributed by atoms with E-state index in [9.17, 15) is 4.79 Å². The van der Waals surface area contributed by atoms with Crippen LogP contribution in [-0.4, -0.2) is 23.2 Å². The topological polar surface area (TPSA) is 93.0 Å². The van der Waals surface area contributed by atoms with Gasteiger partial charge in [0.25, 0.3) is 5.91 Å². The molecule has 4 N–H and O–H groups in total. The number of halogens is 1. The number of nitrogens with zero attached hydrogens (tertiary/aromatic N) is 1. The zero-order chi connectivity index (χ0) is 15.0. The minimum atomic E-state index is -0.392. The standard InChI is InChI=1S/C14H15ClN4O2/c1-21-10-5-4-8(15)6-9(10)17-14(20)13-11(16)12(18-19-13)7-2-3-7/h4-7H,2-3,16H2,1H3,(H,17,20)(H,18,19). The summed E-state index contributed by atoms with van der Waals surface area (Å²) in [5.41, 5.74) is 7.92. The van der Waals surface area contributed by atoms with Gasteiger partial charge in [0.2, 0.25) is 0 Å². The fourth-order valence-corrected chi connectivity index (χ4v) is 2.35. The van der Waals surface area contributed by atoms with Crippen LogP contribution in [0.5, 0.6) is 5.75 Å². The van der Waals surface area contributed by atoms with Crippen molar-refractivity contribution in [2.45, 2.75) is 18.8 Å². The summed E-state index contributed by atoms with van der Waals surface area (Å²) in [5.74, 6) is 0.528. The van der Waals surface area contributed by atoms with Crippen LogP contribution in [0, 0.1) is 0 Å². The van der Waals surface area contributed by atoms with E-state index in [0.717, 1.165) is 18.5 Å². The molecule has 1 amide bonds. The number of anilines is 2. The molecule has 110 valence electrons. The number of hydrogen-bond acceptors (Lipinski definition) is 4. The molecule has 0 radical (unpaired) electrons. The summed E-state index contributed by atoms with van der Waals surface area (Å²) in [4.78, 5) is 12.3. The number of aromatic nitrogens is 2. The predicted molar refractivity (Wildman–Crippen MR) is 80.9 cm³/mol. The van der Waals surface area contributed by atoms with E-state index >= 15 is 0 Å². The second kappa shape index (κ2) is 5.29. The first-order chi connectivity index (χ1) is 10.1. The molecule has 1 aromatic carbocycles. The summed E-state index contributed by atoms with van der Waals surface area (Å²) in [6.45, 7) is 0. The van der Waals surface area contributed by atoms with Crippen molar-refractivity contribution in [3.8, 4) is 5.75 Å². The highest BCUT2D eigenvalue weighted by atomic mass is 35.5. The highest BCUT2D eigenvalue weighted by Gasteiger charge is 2.30. The van der Waals surface area contributed by atoms with E-state index in [4.69, 9.17) is 22.1 Å². The molecule has 2 aromatic rings. The quantitative estimate of drug-likeness (QED) is 0.809. The van der Waals surface area contributed by atoms with E-state index in [2.05, 4.69) is 15.5 Å². The smallest absolute Gasteiger partial charge is 0.278 e. The zero-order valence-corrected chi connectivity index (χ0v) is 12.2. The summed E-state index contributed by atoms with van der Waals surface area (Å²) in [5, 5.41) is 10.1. The molecule has 3 rings (SSSR count). The minimum absolute atomic E-state index is 0.193. The largest absolute Gasteiger partial charge is 0.495 e. The molecule has 1 heterocycles. The lowest BCUT2D eigenvalue weighted by Crippen LogP contribution is -2.15. The second-order valence-corrected chi connectivity index (χ2v) is 5.41. The highest BCUT2D eigenvalue weighted by molar-refractivity contribution is 6.31. The van der Waals surface area contributed by atoms with Gasteiger partial charge in [-0.1, -0.05) is 11.6 Å². The van der Waals surface area contributed by atoms with Gasteiger partial charge < -0.3 is 15.8 Å². The van der Waals surface area contributed by atoms with Crippen LogP contribution in [0.2, 0.25) is 5.02 Å². The molecule has 0 saturated heterocycles. The number of nitrogen functional groups attached to an aromatic ring is 1. The van der Waals surface area contributed by atoms with Gasteiger partial charge in [-0.2, -0.15) is 5.10 Å². The molecular weight excluding hydrogens is 292 g/mol. The molecule has 0 atom stereocenters. The van der Waals surface area contributed by atoms with Gasteiger partial charge in [0.05, 0.1) is 24.2 Å². The van der Waals surface area contributed by atoms with Crippen molar-refractivity contribution >= 4 is 28.9 Å². The van der Waals surface area contributed by atoms with Crippen LogP contribution in [0.3, 0.4) is 0 Å². The van der Waals surface area contributed by atoms with Crippen LogP contribution in [0.1, 0.15) is 34.9 Å². The SMILES string of the molecule is COc1ccc(Cl)cc1NC(=O)c1n[nH]c(C2CC2)c1N. The number of carbonyl (C=O) groups is 1. The van der Waals surface area contributed by atoms with Gasteiger partial charge in [0.15, 0.2) is 5.69 Å². The maximum atomic E-state index is 12.3. The number of methoxy groups -OCH3 is 1. The Kier molecular flexibility index (Phi) is 3.47. The molecule has 6 nitrogen and oxygen atoms in total. The summed E-state index contributed by atoms with van der Waals surface area (Å²) in [6.07, 6.45) is 2.16. The molecular formula is C14H15ClN4O2. The van der Waals surface area contributed by atoms with Gasteiger partial charge in [-0.15, -0.1) is 0 Å². The Bertz CT molecular complexity index is 694. The lowest BCUT2D eigenvalue weighted by molar-refractivity contribution is 0.102. The molecule has 1 aliphatic carbocycles. The van der Waals surface area contributed by atoms with Crippen LogP contribution < -0.4 is 15.8 Å². The van der Waals surface area contributed by atoms with Crippen LogP contribution in [0.25, 0.3) is 0 Å². The second-order valence-electron chi connectivity index (χ2n) is 4.97. The minimum Gasteiger partial charge on any atom is -0.495 e. The first-order valence-corrected chi connectivity index (χ1v) is 6.96. The third kappa shape index (κ3) is 2.67. The number of benzene rings is 1. The first kappa shape index (κ1) is 13.8. The van der Waals surface area contributed by atoms with E-state index in [1.807, 2.05) is 0 Å². The van der Waals surface area contributed by atoms with Crippen LogP contribution in [0.15, 0.2) is 18.2 Å². The van der Waals surface area contributed by atoms with Crippen molar-refractivity contribution in [3.05, 3.63) is 34.6 Å². The van der Waals surface area contributed by atoms with E-state index < -0.39 is 5.91 Å². The Morgan fingerprint density at radius 1 is 1.52 bits per heavy atom. The van der Waals surface area contributed by atoms with Gasteiger partial charge in [0.1, 0.15) is 5.75 Å². The van der Waals surface area contributed by atoms with Crippen molar-refractivity contribution in [2.24, 2.45) is 0 Å².